The Morgan fingerprint density at radius 2 is 1.89 bits per heavy atom. The zero-order valence-corrected chi connectivity index (χ0v) is 21.4. The molecule has 1 saturated heterocycles. The van der Waals surface area contributed by atoms with Crippen LogP contribution in [0.25, 0.3) is 0 Å². The van der Waals surface area contributed by atoms with Crippen molar-refractivity contribution in [2.75, 3.05) is 6.61 Å². The molecule has 1 aliphatic heterocycles. The van der Waals surface area contributed by atoms with Crippen LogP contribution in [0.5, 0.6) is 0 Å². The number of aryl methyl sites for hydroxylation is 1. The molecule has 3 rings (SSSR count). The minimum atomic E-state index is -0.794. The summed E-state index contributed by atoms with van der Waals surface area (Å²) < 4.78 is 16.2. The standard InChI is InChI=1S/C27H38N2O6/c1-6-33-25(31)21(16-15-19-11-8-7-9-12-19)28-18(2)24(30)29-22-14-10-13-20(22)17-23(29)34-26(32)35-27(3,4)5/h7-12,14,18,20-23,28H,6,13,15-17H2,1-5H3/t18-,20-,21-,22+,23+/m0/s1. The number of allylic oxidation sites excluding steroid dienone is 1. The first-order valence-electron chi connectivity index (χ1n) is 12.4. The Kier molecular flexibility index (Phi) is 8.94. The molecule has 0 aromatic heterocycles. The van der Waals surface area contributed by atoms with E-state index in [1.165, 1.54) is 0 Å². The highest BCUT2D eigenvalue weighted by atomic mass is 16.7. The van der Waals surface area contributed by atoms with Gasteiger partial charge in [0.2, 0.25) is 5.91 Å². The number of amides is 1. The van der Waals surface area contributed by atoms with E-state index in [9.17, 15) is 14.4 Å². The number of fused-ring (bicyclic) bond motifs is 1. The van der Waals surface area contributed by atoms with Crippen LogP contribution < -0.4 is 5.32 Å². The van der Waals surface area contributed by atoms with Crippen molar-refractivity contribution < 1.29 is 28.6 Å². The highest BCUT2D eigenvalue weighted by Crippen LogP contribution is 2.38. The molecule has 1 heterocycles. The molecule has 0 bridgehead atoms. The molecule has 35 heavy (non-hydrogen) atoms. The van der Waals surface area contributed by atoms with Gasteiger partial charge in [-0.3, -0.25) is 19.8 Å². The third-order valence-electron chi connectivity index (χ3n) is 6.22. The van der Waals surface area contributed by atoms with Gasteiger partial charge in [0.1, 0.15) is 11.6 Å². The molecule has 192 valence electrons. The molecule has 1 aliphatic carbocycles. The van der Waals surface area contributed by atoms with Crippen LogP contribution in [0.3, 0.4) is 0 Å². The molecule has 8 heteroatoms. The SMILES string of the molecule is CCOC(=O)[C@H](CCc1ccccc1)N[C@@H](C)C(=O)N1[C@@H]2C=CC[C@H]2C[C@H]1OC(=O)OC(C)(C)C. The van der Waals surface area contributed by atoms with Crippen LogP contribution in [-0.4, -0.2) is 59.5 Å². The van der Waals surface area contributed by atoms with E-state index in [4.69, 9.17) is 14.2 Å². The van der Waals surface area contributed by atoms with Gasteiger partial charge in [-0.15, -0.1) is 0 Å². The number of hydrogen-bond donors (Lipinski definition) is 1. The van der Waals surface area contributed by atoms with Crippen LogP contribution in [-0.2, 0) is 30.2 Å². The van der Waals surface area contributed by atoms with Gasteiger partial charge in [-0.1, -0.05) is 42.5 Å². The summed E-state index contributed by atoms with van der Waals surface area (Å²) in [6.45, 7) is 9.04. The van der Waals surface area contributed by atoms with Crippen LogP contribution in [0.2, 0.25) is 0 Å². The molecule has 1 amide bonds. The lowest BCUT2D eigenvalue weighted by atomic mass is 10.0. The molecule has 1 N–H and O–H groups in total. The predicted octanol–water partition coefficient (Wildman–Crippen LogP) is 3.98. The molecule has 2 aliphatic rings. The Morgan fingerprint density at radius 1 is 1.17 bits per heavy atom. The van der Waals surface area contributed by atoms with E-state index in [1.807, 2.05) is 36.4 Å². The van der Waals surface area contributed by atoms with Crippen LogP contribution >= 0.6 is 0 Å². The summed E-state index contributed by atoms with van der Waals surface area (Å²) in [4.78, 5) is 40.2. The van der Waals surface area contributed by atoms with E-state index < -0.39 is 30.1 Å². The molecule has 0 radical (unpaired) electrons. The second kappa shape index (κ2) is 11.7. The number of likely N-dealkylation sites (tertiary alicyclic amines) is 1. The molecule has 0 spiro atoms. The average molecular weight is 487 g/mol. The van der Waals surface area contributed by atoms with Gasteiger partial charge in [0.15, 0.2) is 6.23 Å². The van der Waals surface area contributed by atoms with E-state index in [1.54, 1.807) is 39.5 Å². The fraction of sp³-hybridized carbons (Fsp3) is 0.593. The molecular weight excluding hydrogens is 448 g/mol. The first-order chi connectivity index (χ1) is 16.6. The third-order valence-corrected chi connectivity index (χ3v) is 6.22. The topological polar surface area (TPSA) is 94.2 Å². The molecule has 8 nitrogen and oxygen atoms in total. The van der Waals surface area contributed by atoms with Gasteiger partial charge in [0, 0.05) is 6.42 Å². The summed E-state index contributed by atoms with van der Waals surface area (Å²) in [7, 11) is 0. The highest BCUT2D eigenvalue weighted by molar-refractivity contribution is 5.84. The summed E-state index contributed by atoms with van der Waals surface area (Å²) in [6, 6.07) is 8.40. The number of rotatable bonds is 9. The van der Waals surface area contributed by atoms with Crippen molar-refractivity contribution in [2.45, 2.75) is 90.3 Å². The Labute approximate surface area is 208 Å². The average Bonchev–Trinajstić information content (AvgIpc) is 3.36. The zero-order valence-electron chi connectivity index (χ0n) is 21.4. The van der Waals surface area contributed by atoms with Gasteiger partial charge >= 0.3 is 12.1 Å². The fourth-order valence-corrected chi connectivity index (χ4v) is 4.65. The molecular formula is C27H38N2O6. The fourth-order valence-electron chi connectivity index (χ4n) is 4.65. The second-order valence-corrected chi connectivity index (χ2v) is 10.1. The maximum absolute atomic E-state index is 13.6. The highest BCUT2D eigenvalue weighted by Gasteiger charge is 2.47. The summed E-state index contributed by atoms with van der Waals surface area (Å²) in [5.41, 5.74) is 0.410. The van der Waals surface area contributed by atoms with Gasteiger partial charge in [-0.05, 0) is 65.4 Å². The molecule has 1 aromatic rings. The second-order valence-electron chi connectivity index (χ2n) is 10.1. The van der Waals surface area contributed by atoms with Crippen LogP contribution in [0.4, 0.5) is 4.79 Å². The number of benzene rings is 1. The lowest BCUT2D eigenvalue weighted by molar-refractivity contribution is -0.148. The van der Waals surface area contributed by atoms with Crippen molar-refractivity contribution >= 4 is 18.0 Å². The molecule has 0 unspecified atom stereocenters. The molecule has 5 atom stereocenters. The van der Waals surface area contributed by atoms with Gasteiger partial charge in [0.05, 0.1) is 18.7 Å². The number of esters is 1. The minimum Gasteiger partial charge on any atom is -0.465 e. The van der Waals surface area contributed by atoms with Crippen molar-refractivity contribution in [3.8, 4) is 0 Å². The monoisotopic (exact) mass is 486 g/mol. The number of ether oxygens (including phenoxy) is 3. The predicted molar refractivity (Wildman–Crippen MR) is 131 cm³/mol. The van der Waals surface area contributed by atoms with Crippen molar-refractivity contribution in [1.29, 1.82) is 0 Å². The lowest BCUT2D eigenvalue weighted by Crippen LogP contribution is -2.54. The van der Waals surface area contributed by atoms with Crippen molar-refractivity contribution in [3.05, 3.63) is 48.0 Å². The summed E-state index contributed by atoms with van der Waals surface area (Å²) >= 11 is 0. The van der Waals surface area contributed by atoms with Crippen molar-refractivity contribution in [1.82, 2.24) is 10.2 Å². The maximum atomic E-state index is 13.6. The number of nitrogens with zero attached hydrogens (tertiary/aromatic N) is 1. The quantitative estimate of drug-likeness (QED) is 0.417. The van der Waals surface area contributed by atoms with Gasteiger partial charge in [-0.25, -0.2) is 4.79 Å². The van der Waals surface area contributed by atoms with E-state index in [0.29, 0.717) is 19.3 Å². The first kappa shape index (κ1) is 26.7. The Balaban J connectivity index is 1.70. The molecule has 1 fully saturated rings. The van der Waals surface area contributed by atoms with Crippen molar-refractivity contribution in [3.63, 3.8) is 0 Å². The number of carbonyl (C=O) groups is 3. The smallest absolute Gasteiger partial charge is 0.465 e. The van der Waals surface area contributed by atoms with Crippen LogP contribution in [0.15, 0.2) is 42.5 Å². The zero-order chi connectivity index (χ0) is 25.6. The normalized spacial score (nSPS) is 22.9. The number of hydrogen-bond acceptors (Lipinski definition) is 7. The summed E-state index contributed by atoms with van der Waals surface area (Å²) in [5.74, 6) is -0.422. The summed E-state index contributed by atoms with van der Waals surface area (Å²) in [6.07, 6.45) is 5.07. The number of carbonyl (C=O) groups excluding carboxylic acids is 3. The first-order valence-corrected chi connectivity index (χ1v) is 12.4. The Hall–Kier alpha value is -2.87. The van der Waals surface area contributed by atoms with E-state index in [0.717, 1.165) is 12.0 Å². The van der Waals surface area contributed by atoms with Gasteiger partial charge in [0.25, 0.3) is 0 Å². The van der Waals surface area contributed by atoms with Crippen LogP contribution in [0, 0.1) is 5.92 Å². The summed E-state index contributed by atoms with van der Waals surface area (Å²) in [5, 5.41) is 3.18. The van der Waals surface area contributed by atoms with Crippen molar-refractivity contribution in [2.24, 2.45) is 5.92 Å². The van der Waals surface area contributed by atoms with Gasteiger partial charge < -0.3 is 14.2 Å². The van der Waals surface area contributed by atoms with Gasteiger partial charge in [-0.2, -0.15) is 0 Å². The lowest BCUT2D eigenvalue weighted by Gasteiger charge is -2.32. The Morgan fingerprint density at radius 3 is 2.54 bits per heavy atom. The van der Waals surface area contributed by atoms with E-state index in [2.05, 4.69) is 11.4 Å². The van der Waals surface area contributed by atoms with Crippen LogP contribution in [0.1, 0.15) is 59.4 Å². The Bertz CT molecular complexity index is 910. The van der Waals surface area contributed by atoms with E-state index in [-0.39, 0.29) is 30.4 Å². The third kappa shape index (κ3) is 7.31. The molecule has 0 saturated carbocycles. The maximum Gasteiger partial charge on any atom is 0.510 e. The largest absolute Gasteiger partial charge is 0.510 e. The van der Waals surface area contributed by atoms with E-state index >= 15 is 0 Å². The molecule has 1 aromatic carbocycles. The number of nitrogens with one attached hydrogen (secondary N) is 1. The minimum absolute atomic E-state index is 0.149.